The highest BCUT2D eigenvalue weighted by Crippen LogP contribution is 2.32. The largest absolute Gasteiger partial charge is 0.459 e. The van der Waals surface area contributed by atoms with Crippen LogP contribution in [0.3, 0.4) is 0 Å². The number of rotatable bonds is 8. The van der Waals surface area contributed by atoms with Crippen molar-refractivity contribution in [2.75, 3.05) is 13.1 Å². The Labute approximate surface area is 286 Å². The van der Waals surface area contributed by atoms with E-state index < -0.39 is 80.7 Å². The van der Waals surface area contributed by atoms with Crippen molar-refractivity contribution in [3.05, 3.63) is 46.5 Å². The van der Waals surface area contributed by atoms with Crippen molar-refractivity contribution in [1.82, 2.24) is 41.6 Å². The molecule has 23 nitrogen and oxygen atoms in total. The number of hydroxylamine groups is 4. The maximum absolute atomic E-state index is 12.3. The van der Waals surface area contributed by atoms with E-state index in [-0.39, 0.29) is 38.1 Å². The van der Waals surface area contributed by atoms with Crippen molar-refractivity contribution in [2.24, 2.45) is 0 Å². The maximum atomic E-state index is 12.3. The number of hydrogen-bond donors (Lipinski definition) is 6. The predicted molar refractivity (Wildman–Crippen MR) is 161 cm³/mol. The van der Waals surface area contributed by atoms with E-state index in [1.165, 1.54) is 29.7 Å². The molecule has 4 bridgehead atoms. The third-order valence-corrected chi connectivity index (χ3v) is 9.26. The summed E-state index contributed by atoms with van der Waals surface area (Å²) < 4.78 is 74.1. The van der Waals surface area contributed by atoms with E-state index in [9.17, 15) is 45.6 Å². The summed E-state index contributed by atoms with van der Waals surface area (Å²) in [5.41, 5.74) is 8.85. The Morgan fingerprint density at radius 1 is 0.740 bits per heavy atom. The van der Waals surface area contributed by atoms with Crippen LogP contribution in [0.1, 0.15) is 45.9 Å². The molecule has 0 spiro atoms. The monoisotopic (exact) mass is 764 g/mol. The zero-order chi connectivity index (χ0) is 36.4. The van der Waals surface area contributed by atoms with E-state index in [4.69, 9.17) is 13.5 Å². The van der Waals surface area contributed by atoms with Gasteiger partial charge in [-0.3, -0.25) is 50.0 Å². The zero-order valence-corrected chi connectivity index (χ0v) is 27.7. The number of nitrogens with zero attached hydrogens (tertiary/aromatic N) is 4. The molecule has 6 heterocycles. The van der Waals surface area contributed by atoms with Gasteiger partial charge in [-0.25, -0.2) is 9.59 Å². The molecule has 4 atom stereocenters. The minimum Gasteiger partial charge on any atom is -0.459 e. The molecular formula is C24H28N8O15S3. The third-order valence-electron chi connectivity index (χ3n) is 7.69. The minimum absolute atomic E-state index is 0.00557. The van der Waals surface area contributed by atoms with E-state index >= 15 is 0 Å². The van der Waals surface area contributed by atoms with Crippen LogP contribution in [0.25, 0.3) is 0 Å². The summed E-state index contributed by atoms with van der Waals surface area (Å²) in [6.07, 6.45) is 2.36. The van der Waals surface area contributed by atoms with Crippen molar-refractivity contribution in [3.8, 4) is 0 Å². The van der Waals surface area contributed by atoms with Gasteiger partial charge in [0, 0.05) is 13.1 Å². The van der Waals surface area contributed by atoms with Crippen molar-refractivity contribution in [2.45, 2.75) is 49.9 Å². The number of piperidine rings is 2. The summed E-state index contributed by atoms with van der Waals surface area (Å²) >= 11 is 1.20. The molecule has 6 rings (SSSR count). The number of thiophene rings is 1. The van der Waals surface area contributed by atoms with Gasteiger partial charge in [-0.1, -0.05) is 6.07 Å². The van der Waals surface area contributed by atoms with Crippen LogP contribution in [-0.4, -0.2) is 119 Å². The topological polar surface area (TPSA) is 304 Å². The molecule has 2 aromatic rings. The SMILES string of the molecule is O=C(NNC(=O)[C@@H]1CC[C@@H]2CN1C(=O)N2OS(=O)(=O)O)c1ccco1.O=C(NNC(=O)[C@@H]1CC[C@@H]2CN1C(=O)N2OS(=O)(=O)O)c1cccs1. The van der Waals surface area contributed by atoms with E-state index in [2.05, 4.69) is 30.3 Å². The van der Waals surface area contributed by atoms with Crippen molar-refractivity contribution >= 4 is 67.8 Å². The van der Waals surface area contributed by atoms with Crippen molar-refractivity contribution in [3.63, 3.8) is 0 Å². The van der Waals surface area contributed by atoms with Gasteiger partial charge in [0.2, 0.25) is 0 Å². The molecule has 272 valence electrons. The van der Waals surface area contributed by atoms with Crippen LogP contribution >= 0.6 is 11.3 Å². The Morgan fingerprint density at radius 2 is 1.24 bits per heavy atom. The number of furan rings is 1. The number of carbonyl (C=O) groups is 6. The van der Waals surface area contributed by atoms with Gasteiger partial charge in [0.15, 0.2) is 5.76 Å². The highest BCUT2D eigenvalue weighted by Gasteiger charge is 2.50. The first-order valence-electron chi connectivity index (χ1n) is 14.3. The van der Waals surface area contributed by atoms with Crippen LogP contribution in [0.4, 0.5) is 9.59 Å². The van der Waals surface area contributed by atoms with Gasteiger partial charge in [-0.2, -0.15) is 27.0 Å². The number of hydrazine groups is 2. The fourth-order valence-corrected chi connectivity index (χ4v) is 6.95. The maximum Gasteiger partial charge on any atom is 0.418 e. The Bertz CT molecular complexity index is 1720. The molecule has 0 radical (unpaired) electrons. The Hall–Kier alpha value is -4.86. The highest BCUT2D eigenvalue weighted by atomic mass is 32.3. The number of nitrogens with one attached hydrogen (secondary N) is 4. The third kappa shape index (κ3) is 8.46. The molecule has 0 aliphatic carbocycles. The number of fused-ring (bicyclic) bond motifs is 4. The Balaban J connectivity index is 0.000000194. The van der Waals surface area contributed by atoms with Crippen LogP contribution in [0.5, 0.6) is 0 Å². The lowest BCUT2D eigenvalue weighted by atomic mass is 10.0. The molecule has 2 aromatic heterocycles. The first-order valence-corrected chi connectivity index (χ1v) is 17.9. The van der Waals surface area contributed by atoms with Gasteiger partial charge in [0.05, 0.1) is 23.2 Å². The smallest absolute Gasteiger partial charge is 0.418 e. The number of hydrogen-bond acceptors (Lipinski definition) is 14. The lowest BCUT2D eigenvalue weighted by Crippen LogP contribution is -2.54. The summed E-state index contributed by atoms with van der Waals surface area (Å²) in [7, 11) is -9.69. The van der Waals surface area contributed by atoms with Crippen LogP contribution in [0.2, 0.25) is 0 Å². The molecule has 0 saturated carbocycles. The van der Waals surface area contributed by atoms with Crippen LogP contribution < -0.4 is 21.7 Å². The summed E-state index contributed by atoms with van der Waals surface area (Å²) in [5, 5.41) is 2.79. The summed E-state index contributed by atoms with van der Waals surface area (Å²) in [6, 6.07) is 1.49. The van der Waals surface area contributed by atoms with Gasteiger partial charge >= 0.3 is 38.8 Å². The highest BCUT2D eigenvalue weighted by molar-refractivity contribution is 7.81. The molecule has 6 N–H and O–H groups in total. The average Bonchev–Trinajstić information content (AvgIpc) is 3.87. The molecule has 4 saturated heterocycles. The number of amides is 8. The van der Waals surface area contributed by atoms with E-state index in [1.54, 1.807) is 17.5 Å². The summed E-state index contributed by atoms with van der Waals surface area (Å²) in [4.78, 5) is 75.0. The predicted octanol–water partition coefficient (Wildman–Crippen LogP) is -1.44. The number of carbonyl (C=O) groups excluding carboxylic acids is 6. The number of urea groups is 2. The normalized spacial score (nSPS) is 22.8. The van der Waals surface area contributed by atoms with Gasteiger partial charge in [-0.15, -0.1) is 19.9 Å². The van der Waals surface area contributed by atoms with Gasteiger partial charge < -0.3 is 14.2 Å². The van der Waals surface area contributed by atoms with Crippen LogP contribution in [0, 0.1) is 0 Å². The van der Waals surface area contributed by atoms with Crippen LogP contribution in [-0.2, 0) is 39.0 Å². The summed E-state index contributed by atoms with van der Waals surface area (Å²) in [6.45, 7) is 0.129. The molecule has 0 unspecified atom stereocenters. The zero-order valence-electron chi connectivity index (χ0n) is 25.2. The Morgan fingerprint density at radius 3 is 1.66 bits per heavy atom. The molecule has 0 aromatic carbocycles. The molecule has 4 aliphatic heterocycles. The second kappa shape index (κ2) is 14.5. The molecule has 4 fully saturated rings. The fourth-order valence-electron chi connectivity index (χ4n) is 5.55. The standard InChI is InChI=1S/C12H14N4O8S.C12H14N4O7S2/c17-10(13-14-11(18)9-2-1-5-23-9)8-4-3-7-6-15(8)12(19)16(7)24-25(20,21)22;17-10(13-14-11(18)9-2-1-5-24-9)8-4-3-7-6-15(8)12(19)16(7)23-25(20,21)22/h2*1-2,5,7-8H,3-4,6H2,(H,13,17)(H,14,18)(H,20,21,22)/t2*7-,8+/m11/s1. The first kappa shape index (κ1) is 36.4. The van der Waals surface area contributed by atoms with E-state index in [1.807, 2.05) is 0 Å². The lowest BCUT2D eigenvalue weighted by molar-refractivity contribution is -0.127. The molecule has 8 amide bonds. The van der Waals surface area contributed by atoms with Crippen LogP contribution in [0.15, 0.2) is 40.3 Å². The quantitative estimate of drug-likeness (QED) is 0.132. The molecule has 26 heteroatoms. The van der Waals surface area contributed by atoms with E-state index in [0.29, 0.717) is 21.4 Å². The average molecular weight is 765 g/mol. The van der Waals surface area contributed by atoms with Crippen molar-refractivity contribution in [1.29, 1.82) is 0 Å². The van der Waals surface area contributed by atoms with Gasteiger partial charge in [0.1, 0.15) is 12.1 Å². The summed E-state index contributed by atoms with van der Waals surface area (Å²) in [5.74, 6) is -2.42. The Kier molecular flexibility index (Phi) is 10.6. The minimum atomic E-state index is -4.85. The second-order valence-corrected chi connectivity index (χ2v) is 13.8. The fraction of sp³-hybridized carbons (Fsp3) is 0.417. The lowest BCUT2D eigenvalue weighted by Gasteiger charge is -2.29. The second-order valence-electron chi connectivity index (χ2n) is 10.9. The van der Waals surface area contributed by atoms with Gasteiger partial charge in [-0.05, 0) is 49.3 Å². The molecule has 50 heavy (non-hydrogen) atoms. The van der Waals surface area contributed by atoms with Crippen molar-refractivity contribution < 1.29 is 67.7 Å². The van der Waals surface area contributed by atoms with Gasteiger partial charge in [0.25, 0.3) is 17.7 Å². The first-order chi connectivity index (χ1) is 23.5. The molecule has 4 aliphatic rings. The van der Waals surface area contributed by atoms with E-state index in [0.717, 1.165) is 9.80 Å². The molecular weight excluding hydrogens is 737 g/mol.